The van der Waals surface area contributed by atoms with Crippen LogP contribution in [0.4, 0.5) is 10.5 Å². The zero-order chi connectivity index (χ0) is 14.5. The van der Waals surface area contributed by atoms with E-state index in [1.54, 1.807) is 25.3 Å². The summed E-state index contributed by atoms with van der Waals surface area (Å²) < 4.78 is 0. The van der Waals surface area contributed by atoms with Gasteiger partial charge in [0.2, 0.25) is 0 Å². The molecule has 7 nitrogen and oxygen atoms in total. The molecule has 2 heterocycles. The molecular weight excluding hydrogens is 280 g/mol. The minimum absolute atomic E-state index is 0.0182. The SMILES string of the molecule is Cc1ncccc1NC(=O)NCc1nc(C(=O)O)cs1. The highest BCUT2D eigenvalue weighted by atomic mass is 32.1. The maximum atomic E-state index is 11.7. The van der Waals surface area contributed by atoms with Crippen LogP contribution in [0.1, 0.15) is 21.2 Å². The van der Waals surface area contributed by atoms with E-state index in [4.69, 9.17) is 5.11 Å². The minimum Gasteiger partial charge on any atom is -0.476 e. The van der Waals surface area contributed by atoms with Gasteiger partial charge in [0.1, 0.15) is 5.01 Å². The molecule has 0 fully saturated rings. The van der Waals surface area contributed by atoms with Gasteiger partial charge in [0.25, 0.3) is 0 Å². The first kappa shape index (κ1) is 13.9. The molecule has 0 radical (unpaired) electrons. The van der Waals surface area contributed by atoms with Crippen molar-refractivity contribution < 1.29 is 14.7 Å². The molecule has 0 aliphatic carbocycles. The quantitative estimate of drug-likeness (QED) is 0.798. The summed E-state index contributed by atoms with van der Waals surface area (Å²) in [5, 5.41) is 16.0. The van der Waals surface area contributed by atoms with Crippen LogP contribution in [-0.2, 0) is 6.54 Å². The average molecular weight is 292 g/mol. The molecule has 0 aliphatic rings. The van der Waals surface area contributed by atoms with E-state index in [9.17, 15) is 9.59 Å². The van der Waals surface area contributed by atoms with E-state index >= 15 is 0 Å². The second-order valence-electron chi connectivity index (χ2n) is 3.88. The van der Waals surface area contributed by atoms with Crippen molar-refractivity contribution in [3.05, 3.63) is 40.1 Å². The van der Waals surface area contributed by atoms with Gasteiger partial charge in [-0.25, -0.2) is 14.6 Å². The number of anilines is 1. The number of pyridine rings is 1. The van der Waals surface area contributed by atoms with Crippen LogP contribution in [0.25, 0.3) is 0 Å². The van der Waals surface area contributed by atoms with Gasteiger partial charge < -0.3 is 15.7 Å². The largest absolute Gasteiger partial charge is 0.476 e. The number of amides is 2. The van der Waals surface area contributed by atoms with Gasteiger partial charge in [0, 0.05) is 11.6 Å². The fourth-order valence-electron chi connectivity index (χ4n) is 1.43. The summed E-state index contributed by atoms with van der Waals surface area (Å²) in [7, 11) is 0. The van der Waals surface area contributed by atoms with Gasteiger partial charge in [-0.05, 0) is 19.1 Å². The van der Waals surface area contributed by atoms with Crippen molar-refractivity contribution in [1.82, 2.24) is 15.3 Å². The lowest BCUT2D eigenvalue weighted by Crippen LogP contribution is -2.28. The highest BCUT2D eigenvalue weighted by molar-refractivity contribution is 7.09. The molecule has 8 heteroatoms. The molecule has 2 aromatic rings. The molecule has 0 unspecified atom stereocenters. The summed E-state index contributed by atoms with van der Waals surface area (Å²) in [6.45, 7) is 1.96. The van der Waals surface area contributed by atoms with Crippen molar-refractivity contribution in [2.45, 2.75) is 13.5 Å². The van der Waals surface area contributed by atoms with E-state index < -0.39 is 12.0 Å². The van der Waals surface area contributed by atoms with Gasteiger partial charge in [-0.3, -0.25) is 4.98 Å². The molecule has 2 amide bonds. The van der Waals surface area contributed by atoms with Crippen LogP contribution in [0.3, 0.4) is 0 Å². The second-order valence-corrected chi connectivity index (χ2v) is 4.82. The number of hydrogen-bond donors (Lipinski definition) is 3. The number of aromatic nitrogens is 2. The predicted molar refractivity (Wildman–Crippen MR) is 73.9 cm³/mol. The van der Waals surface area contributed by atoms with E-state index in [1.165, 1.54) is 16.7 Å². The van der Waals surface area contributed by atoms with Crippen molar-refractivity contribution in [2.75, 3.05) is 5.32 Å². The maximum Gasteiger partial charge on any atom is 0.355 e. The Morgan fingerprint density at radius 3 is 2.90 bits per heavy atom. The molecule has 2 aromatic heterocycles. The first-order valence-electron chi connectivity index (χ1n) is 5.70. The monoisotopic (exact) mass is 292 g/mol. The molecule has 0 saturated carbocycles. The number of nitrogens with one attached hydrogen (secondary N) is 2. The average Bonchev–Trinajstić information content (AvgIpc) is 2.88. The molecule has 104 valence electrons. The summed E-state index contributed by atoms with van der Waals surface area (Å²) in [4.78, 5) is 30.3. The second kappa shape index (κ2) is 6.11. The Bertz CT molecular complexity index is 641. The summed E-state index contributed by atoms with van der Waals surface area (Å²) in [5.41, 5.74) is 1.32. The van der Waals surface area contributed by atoms with Crippen molar-refractivity contribution in [2.24, 2.45) is 0 Å². The van der Waals surface area contributed by atoms with E-state index in [-0.39, 0.29) is 12.2 Å². The third kappa shape index (κ3) is 3.51. The first-order valence-corrected chi connectivity index (χ1v) is 6.58. The molecule has 0 bridgehead atoms. The van der Waals surface area contributed by atoms with E-state index in [0.717, 1.165) is 0 Å². The lowest BCUT2D eigenvalue weighted by Gasteiger charge is -2.07. The lowest BCUT2D eigenvalue weighted by molar-refractivity contribution is 0.0691. The van der Waals surface area contributed by atoms with E-state index in [2.05, 4.69) is 20.6 Å². The maximum absolute atomic E-state index is 11.7. The van der Waals surface area contributed by atoms with Crippen molar-refractivity contribution in [3.8, 4) is 0 Å². The van der Waals surface area contributed by atoms with Crippen LogP contribution in [-0.4, -0.2) is 27.1 Å². The minimum atomic E-state index is -1.08. The van der Waals surface area contributed by atoms with Gasteiger partial charge in [0.05, 0.1) is 17.9 Å². The lowest BCUT2D eigenvalue weighted by atomic mass is 10.3. The molecule has 0 saturated heterocycles. The Morgan fingerprint density at radius 1 is 1.45 bits per heavy atom. The van der Waals surface area contributed by atoms with Crippen molar-refractivity contribution in [3.63, 3.8) is 0 Å². The van der Waals surface area contributed by atoms with Crippen LogP contribution < -0.4 is 10.6 Å². The number of carboxylic acids is 1. The standard InChI is InChI=1S/C12H12N4O3S/c1-7-8(3-2-4-13-7)16-12(19)14-5-10-15-9(6-20-10)11(17)18/h2-4,6H,5H2,1H3,(H,17,18)(H2,14,16,19). The van der Waals surface area contributed by atoms with E-state index in [1.807, 2.05) is 0 Å². The Kier molecular flexibility index (Phi) is 4.26. The molecule has 0 spiro atoms. The molecular formula is C12H12N4O3S. The zero-order valence-corrected chi connectivity index (χ0v) is 11.4. The third-order valence-corrected chi connectivity index (χ3v) is 3.27. The number of rotatable bonds is 4. The summed E-state index contributed by atoms with van der Waals surface area (Å²) >= 11 is 1.18. The Balaban J connectivity index is 1.89. The number of carbonyl (C=O) groups is 2. The number of carboxylic acid groups (broad SMARTS) is 1. The number of carbonyl (C=O) groups excluding carboxylic acids is 1. The summed E-state index contributed by atoms with van der Waals surface area (Å²) in [6.07, 6.45) is 1.64. The number of aromatic carboxylic acids is 1. The van der Waals surface area contributed by atoms with Crippen LogP contribution in [0.5, 0.6) is 0 Å². The Morgan fingerprint density at radius 2 is 2.25 bits per heavy atom. The summed E-state index contributed by atoms with van der Waals surface area (Å²) in [6, 6.07) is 3.07. The predicted octanol–water partition coefficient (Wildman–Crippen LogP) is 1.87. The fourth-order valence-corrected chi connectivity index (χ4v) is 2.14. The smallest absolute Gasteiger partial charge is 0.355 e. The van der Waals surface area contributed by atoms with Gasteiger partial charge in [0.15, 0.2) is 5.69 Å². The third-order valence-electron chi connectivity index (χ3n) is 2.43. The number of nitrogens with zero attached hydrogens (tertiary/aromatic N) is 2. The molecule has 0 atom stereocenters. The zero-order valence-electron chi connectivity index (χ0n) is 10.6. The van der Waals surface area contributed by atoms with Crippen molar-refractivity contribution in [1.29, 1.82) is 0 Å². The summed E-state index contributed by atoms with van der Waals surface area (Å²) in [5.74, 6) is -1.08. The Labute approximate surface area is 118 Å². The topological polar surface area (TPSA) is 104 Å². The van der Waals surface area contributed by atoms with Gasteiger partial charge in [-0.2, -0.15) is 0 Å². The molecule has 0 aromatic carbocycles. The van der Waals surface area contributed by atoms with E-state index in [0.29, 0.717) is 16.4 Å². The van der Waals surface area contributed by atoms with Crippen LogP contribution in [0, 0.1) is 6.92 Å². The van der Waals surface area contributed by atoms with Crippen molar-refractivity contribution >= 4 is 29.0 Å². The van der Waals surface area contributed by atoms with Gasteiger partial charge in [-0.15, -0.1) is 11.3 Å². The van der Waals surface area contributed by atoms with Crippen LogP contribution in [0.2, 0.25) is 0 Å². The van der Waals surface area contributed by atoms with Crippen LogP contribution in [0.15, 0.2) is 23.7 Å². The Hall–Kier alpha value is -2.48. The molecule has 3 N–H and O–H groups in total. The highest BCUT2D eigenvalue weighted by Gasteiger charge is 2.10. The molecule has 0 aliphatic heterocycles. The first-order chi connectivity index (χ1) is 9.56. The van der Waals surface area contributed by atoms with Gasteiger partial charge >= 0.3 is 12.0 Å². The fraction of sp³-hybridized carbons (Fsp3) is 0.167. The van der Waals surface area contributed by atoms with Gasteiger partial charge in [-0.1, -0.05) is 0 Å². The number of urea groups is 1. The molecule has 20 heavy (non-hydrogen) atoms. The number of aryl methyl sites for hydroxylation is 1. The van der Waals surface area contributed by atoms with Crippen LogP contribution >= 0.6 is 11.3 Å². The highest BCUT2D eigenvalue weighted by Crippen LogP contribution is 2.11. The number of thiazole rings is 1. The normalized spacial score (nSPS) is 10.1. The molecule has 2 rings (SSSR count). The number of hydrogen-bond acceptors (Lipinski definition) is 5.